The Morgan fingerprint density at radius 1 is 1.38 bits per heavy atom. The summed E-state index contributed by atoms with van der Waals surface area (Å²) in [6, 6.07) is 0.517. The molecule has 1 N–H and O–H groups in total. The van der Waals surface area contributed by atoms with Crippen LogP contribution in [-0.2, 0) is 9.53 Å². The summed E-state index contributed by atoms with van der Waals surface area (Å²) in [4.78, 5) is 14.2. The molecule has 2 aliphatic rings. The van der Waals surface area contributed by atoms with Gasteiger partial charge in [-0.25, -0.2) is 0 Å². The van der Waals surface area contributed by atoms with Crippen molar-refractivity contribution in [2.75, 3.05) is 20.2 Å². The fourth-order valence-corrected chi connectivity index (χ4v) is 2.67. The van der Waals surface area contributed by atoms with E-state index in [9.17, 15) is 4.79 Å². The van der Waals surface area contributed by atoms with Crippen molar-refractivity contribution in [1.29, 1.82) is 0 Å². The standard InChI is InChI=1S/C12H22N2O2/c1-9-4-3-5-11(13-9)12(15)14-7-6-10(8-14)16-2/h9-11,13H,3-8H2,1-2H3. The predicted octanol–water partition coefficient (Wildman–Crippen LogP) is 0.764. The second kappa shape index (κ2) is 5.15. The number of rotatable bonds is 2. The van der Waals surface area contributed by atoms with E-state index in [1.165, 1.54) is 6.42 Å². The average molecular weight is 226 g/mol. The van der Waals surface area contributed by atoms with Gasteiger partial charge < -0.3 is 15.0 Å². The van der Waals surface area contributed by atoms with Crippen LogP contribution in [0.4, 0.5) is 0 Å². The first kappa shape index (κ1) is 11.9. The van der Waals surface area contributed by atoms with Crippen LogP contribution < -0.4 is 5.32 Å². The van der Waals surface area contributed by atoms with Crippen LogP contribution in [0.5, 0.6) is 0 Å². The molecule has 3 atom stereocenters. The second-order valence-corrected chi connectivity index (χ2v) is 4.98. The van der Waals surface area contributed by atoms with E-state index < -0.39 is 0 Å². The van der Waals surface area contributed by atoms with E-state index >= 15 is 0 Å². The highest BCUT2D eigenvalue weighted by atomic mass is 16.5. The third-order valence-electron chi connectivity index (χ3n) is 3.70. The monoisotopic (exact) mass is 226 g/mol. The lowest BCUT2D eigenvalue weighted by Crippen LogP contribution is -2.51. The largest absolute Gasteiger partial charge is 0.380 e. The SMILES string of the molecule is COC1CCN(C(=O)C2CCCC(C)N2)C1. The Hall–Kier alpha value is -0.610. The maximum atomic E-state index is 12.2. The zero-order chi connectivity index (χ0) is 11.5. The summed E-state index contributed by atoms with van der Waals surface area (Å²) < 4.78 is 5.29. The first-order valence-corrected chi connectivity index (χ1v) is 6.28. The highest BCUT2D eigenvalue weighted by molar-refractivity contribution is 5.82. The van der Waals surface area contributed by atoms with E-state index in [-0.39, 0.29) is 18.1 Å². The molecular formula is C12H22N2O2. The van der Waals surface area contributed by atoms with E-state index in [1.54, 1.807) is 7.11 Å². The number of ether oxygens (including phenoxy) is 1. The van der Waals surface area contributed by atoms with Crippen LogP contribution in [0, 0.1) is 0 Å². The van der Waals surface area contributed by atoms with Crippen LogP contribution in [0.25, 0.3) is 0 Å². The van der Waals surface area contributed by atoms with Crippen LogP contribution in [0.15, 0.2) is 0 Å². The number of methoxy groups -OCH3 is 1. The molecule has 2 rings (SSSR count). The van der Waals surface area contributed by atoms with Crippen molar-refractivity contribution in [1.82, 2.24) is 10.2 Å². The summed E-state index contributed by atoms with van der Waals surface area (Å²) in [5.41, 5.74) is 0. The third kappa shape index (κ3) is 2.55. The molecule has 92 valence electrons. The molecule has 0 saturated carbocycles. The number of likely N-dealkylation sites (tertiary alicyclic amines) is 1. The topological polar surface area (TPSA) is 41.6 Å². The molecule has 4 nitrogen and oxygen atoms in total. The van der Waals surface area contributed by atoms with Gasteiger partial charge in [-0.2, -0.15) is 0 Å². The fourth-order valence-electron chi connectivity index (χ4n) is 2.67. The van der Waals surface area contributed by atoms with Crippen LogP contribution in [-0.4, -0.2) is 49.2 Å². The molecule has 0 bridgehead atoms. The minimum absolute atomic E-state index is 0.0411. The van der Waals surface area contributed by atoms with Crippen molar-refractivity contribution < 1.29 is 9.53 Å². The molecule has 0 aromatic carbocycles. The molecular weight excluding hydrogens is 204 g/mol. The summed E-state index contributed by atoms with van der Waals surface area (Å²) >= 11 is 0. The normalized spacial score (nSPS) is 35.4. The molecule has 2 aliphatic heterocycles. The molecule has 2 heterocycles. The van der Waals surface area contributed by atoms with Crippen molar-refractivity contribution in [2.45, 2.75) is 50.8 Å². The van der Waals surface area contributed by atoms with Gasteiger partial charge in [0.25, 0.3) is 0 Å². The zero-order valence-corrected chi connectivity index (χ0v) is 10.2. The number of nitrogens with one attached hydrogen (secondary N) is 1. The number of nitrogens with zero attached hydrogens (tertiary/aromatic N) is 1. The lowest BCUT2D eigenvalue weighted by atomic mass is 9.99. The van der Waals surface area contributed by atoms with Gasteiger partial charge in [0.2, 0.25) is 5.91 Å². The number of hydrogen-bond acceptors (Lipinski definition) is 3. The molecule has 0 aromatic heterocycles. The smallest absolute Gasteiger partial charge is 0.239 e. The molecule has 0 spiro atoms. The molecule has 0 radical (unpaired) electrons. The van der Waals surface area contributed by atoms with Crippen molar-refractivity contribution in [3.8, 4) is 0 Å². The Labute approximate surface area is 97.3 Å². The summed E-state index contributed by atoms with van der Waals surface area (Å²) in [5.74, 6) is 0.270. The molecule has 4 heteroatoms. The Balaban J connectivity index is 1.87. The second-order valence-electron chi connectivity index (χ2n) is 4.98. The highest BCUT2D eigenvalue weighted by Gasteiger charge is 2.32. The van der Waals surface area contributed by atoms with Crippen molar-refractivity contribution in [2.24, 2.45) is 0 Å². The Kier molecular flexibility index (Phi) is 3.82. The van der Waals surface area contributed by atoms with Crippen molar-refractivity contribution in [3.63, 3.8) is 0 Å². The predicted molar refractivity (Wildman–Crippen MR) is 62.2 cm³/mol. The number of piperidine rings is 1. The molecule has 3 unspecified atom stereocenters. The van der Waals surface area contributed by atoms with Gasteiger partial charge in [0.1, 0.15) is 0 Å². The van der Waals surface area contributed by atoms with Crippen LogP contribution in [0.2, 0.25) is 0 Å². The van der Waals surface area contributed by atoms with Gasteiger partial charge in [-0.1, -0.05) is 0 Å². The summed E-state index contributed by atoms with van der Waals surface area (Å²) in [7, 11) is 1.72. The van der Waals surface area contributed by atoms with Gasteiger partial charge >= 0.3 is 0 Å². The van der Waals surface area contributed by atoms with E-state index in [0.717, 1.165) is 32.4 Å². The minimum atomic E-state index is 0.0411. The molecule has 0 aromatic rings. The van der Waals surface area contributed by atoms with E-state index in [1.807, 2.05) is 4.90 Å². The van der Waals surface area contributed by atoms with Gasteiger partial charge in [0, 0.05) is 26.2 Å². The molecule has 2 fully saturated rings. The lowest BCUT2D eigenvalue weighted by molar-refractivity contribution is -0.133. The Morgan fingerprint density at radius 3 is 2.81 bits per heavy atom. The number of carbonyl (C=O) groups is 1. The highest BCUT2D eigenvalue weighted by Crippen LogP contribution is 2.18. The zero-order valence-electron chi connectivity index (χ0n) is 10.2. The average Bonchev–Trinajstić information content (AvgIpc) is 2.76. The van der Waals surface area contributed by atoms with Crippen molar-refractivity contribution in [3.05, 3.63) is 0 Å². The molecule has 0 aliphatic carbocycles. The Morgan fingerprint density at radius 2 is 2.19 bits per heavy atom. The number of hydrogen-bond donors (Lipinski definition) is 1. The van der Waals surface area contributed by atoms with Gasteiger partial charge in [-0.3, -0.25) is 4.79 Å². The van der Waals surface area contributed by atoms with Crippen molar-refractivity contribution >= 4 is 5.91 Å². The molecule has 16 heavy (non-hydrogen) atoms. The maximum absolute atomic E-state index is 12.2. The molecule has 2 saturated heterocycles. The first-order chi connectivity index (χ1) is 7.70. The fraction of sp³-hybridized carbons (Fsp3) is 0.917. The first-order valence-electron chi connectivity index (χ1n) is 6.28. The van der Waals surface area contributed by atoms with Gasteiger partial charge in [0.05, 0.1) is 12.1 Å². The van der Waals surface area contributed by atoms with Crippen LogP contribution >= 0.6 is 0 Å². The number of amides is 1. The van der Waals surface area contributed by atoms with E-state index in [0.29, 0.717) is 6.04 Å². The number of carbonyl (C=O) groups excluding carboxylic acids is 1. The third-order valence-corrected chi connectivity index (χ3v) is 3.70. The minimum Gasteiger partial charge on any atom is -0.380 e. The van der Waals surface area contributed by atoms with Gasteiger partial charge in [-0.15, -0.1) is 0 Å². The van der Waals surface area contributed by atoms with E-state index in [2.05, 4.69) is 12.2 Å². The van der Waals surface area contributed by atoms with Gasteiger partial charge in [0.15, 0.2) is 0 Å². The van der Waals surface area contributed by atoms with E-state index in [4.69, 9.17) is 4.74 Å². The maximum Gasteiger partial charge on any atom is 0.239 e. The lowest BCUT2D eigenvalue weighted by Gasteiger charge is -2.30. The summed E-state index contributed by atoms with van der Waals surface area (Å²) in [5, 5.41) is 3.39. The Bertz CT molecular complexity index is 257. The quantitative estimate of drug-likeness (QED) is 0.756. The molecule has 1 amide bonds. The van der Waals surface area contributed by atoms with Crippen LogP contribution in [0.3, 0.4) is 0 Å². The summed E-state index contributed by atoms with van der Waals surface area (Å²) in [6.07, 6.45) is 4.54. The van der Waals surface area contributed by atoms with Crippen LogP contribution in [0.1, 0.15) is 32.6 Å². The van der Waals surface area contributed by atoms with Gasteiger partial charge in [-0.05, 0) is 32.6 Å². The summed E-state index contributed by atoms with van der Waals surface area (Å²) in [6.45, 7) is 3.77.